The van der Waals surface area contributed by atoms with Crippen LogP contribution in [0.15, 0.2) is 24.3 Å². The number of hydrogen-bond acceptors (Lipinski definition) is 3. The molecule has 0 unspecified atom stereocenters. The lowest BCUT2D eigenvalue weighted by Gasteiger charge is -2.39. The third-order valence-corrected chi connectivity index (χ3v) is 6.72. The first-order valence-electron chi connectivity index (χ1n) is 10.5. The summed E-state index contributed by atoms with van der Waals surface area (Å²) in [5.41, 5.74) is 0.414. The van der Waals surface area contributed by atoms with Gasteiger partial charge in [-0.25, -0.2) is 4.39 Å². The van der Waals surface area contributed by atoms with Crippen molar-refractivity contribution in [3.8, 4) is 0 Å². The predicted molar refractivity (Wildman–Crippen MR) is 103 cm³/mol. The lowest BCUT2D eigenvalue weighted by Crippen LogP contribution is -2.51. The van der Waals surface area contributed by atoms with Crippen molar-refractivity contribution in [1.29, 1.82) is 0 Å². The number of likely N-dealkylation sites (tertiary alicyclic amines) is 1. The Morgan fingerprint density at radius 1 is 0.929 bits per heavy atom. The van der Waals surface area contributed by atoms with Gasteiger partial charge in [-0.3, -0.25) is 9.59 Å². The van der Waals surface area contributed by atoms with Crippen LogP contribution in [0.3, 0.4) is 0 Å². The van der Waals surface area contributed by atoms with E-state index in [1.807, 2.05) is 9.80 Å². The summed E-state index contributed by atoms with van der Waals surface area (Å²) in [4.78, 5) is 30.1. The Labute approximate surface area is 165 Å². The van der Waals surface area contributed by atoms with Crippen molar-refractivity contribution in [1.82, 2.24) is 9.80 Å². The molecule has 28 heavy (non-hydrogen) atoms. The molecule has 0 N–H and O–H groups in total. The Kier molecular flexibility index (Phi) is 5.67. The molecule has 3 fully saturated rings. The Hall–Kier alpha value is -1.95. The number of carbonyl (C=O) groups is 2. The molecule has 1 saturated carbocycles. The van der Waals surface area contributed by atoms with Crippen molar-refractivity contribution in [2.75, 3.05) is 39.4 Å². The molecule has 0 spiro atoms. The van der Waals surface area contributed by atoms with Gasteiger partial charge in [-0.15, -0.1) is 0 Å². The summed E-state index contributed by atoms with van der Waals surface area (Å²) in [6, 6.07) is 6.45. The minimum Gasteiger partial charge on any atom is -0.378 e. The summed E-state index contributed by atoms with van der Waals surface area (Å²) in [6.45, 7) is 3.83. The molecule has 1 aliphatic carbocycles. The molecule has 0 atom stereocenters. The van der Waals surface area contributed by atoms with E-state index in [4.69, 9.17) is 4.74 Å². The largest absolute Gasteiger partial charge is 0.378 e. The number of benzene rings is 1. The number of amides is 2. The highest BCUT2D eigenvalue weighted by Gasteiger charge is 2.45. The van der Waals surface area contributed by atoms with Crippen LogP contribution >= 0.6 is 0 Å². The summed E-state index contributed by atoms with van der Waals surface area (Å²) in [7, 11) is 0. The van der Waals surface area contributed by atoms with Gasteiger partial charge in [0.05, 0.1) is 18.6 Å². The van der Waals surface area contributed by atoms with Crippen LogP contribution in [-0.2, 0) is 19.7 Å². The number of carbonyl (C=O) groups excluding carboxylic acids is 2. The fourth-order valence-electron chi connectivity index (χ4n) is 5.05. The van der Waals surface area contributed by atoms with E-state index in [2.05, 4.69) is 0 Å². The lowest BCUT2D eigenvalue weighted by molar-refractivity contribution is -0.145. The second-order valence-electron chi connectivity index (χ2n) is 8.30. The van der Waals surface area contributed by atoms with Crippen LogP contribution in [0.1, 0.15) is 44.1 Å². The number of ether oxygens (including phenoxy) is 1. The molecule has 2 saturated heterocycles. The Morgan fingerprint density at radius 2 is 1.54 bits per heavy atom. The maximum Gasteiger partial charge on any atom is 0.233 e. The molecule has 152 valence electrons. The third-order valence-electron chi connectivity index (χ3n) is 6.72. The zero-order chi connectivity index (χ0) is 19.6. The van der Waals surface area contributed by atoms with E-state index in [9.17, 15) is 14.0 Å². The average Bonchev–Trinajstić information content (AvgIpc) is 3.25. The highest BCUT2D eigenvalue weighted by molar-refractivity contribution is 5.89. The van der Waals surface area contributed by atoms with Crippen LogP contribution in [0.4, 0.5) is 4.39 Å². The highest BCUT2D eigenvalue weighted by atomic mass is 19.1. The van der Waals surface area contributed by atoms with Crippen LogP contribution in [0.5, 0.6) is 0 Å². The van der Waals surface area contributed by atoms with Crippen LogP contribution in [0.25, 0.3) is 0 Å². The SMILES string of the molecule is O=C(C1CCN(C(=O)C2(c3ccc(F)cc3)CCCC2)CC1)N1CCOCC1. The van der Waals surface area contributed by atoms with Crippen molar-refractivity contribution >= 4 is 11.8 Å². The summed E-state index contributed by atoms with van der Waals surface area (Å²) < 4.78 is 18.7. The van der Waals surface area contributed by atoms with E-state index in [1.54, 1.807) is 12.1 Å². The van der Waals surface area contributed by atoms with E-state index >= 15 is 0 Å². The zero-order valence-electron chi connectivity index (χ0n) is 16.4. The normalized spacial score (nSPS) is 23.0. The second kappa shape index (κ2) is 8.19. The molecule has 2 amide bonds. The van der Waals surface area contributed by atoms with E-state index < -0.39 is 5.41 Å². The third kappa shape index (κ3) is 3.66. The van der Waals surface area contributed by atoms with Crippen LogP contribution in [0, 0.1) is 11.7 Å². The Bertz CT molecular complexity index is 701. The van der Waals surface area contributed by atoms with Gasteiger partial charge in [0.1, 0.15) is 5.82 Å². The monoisotopic (exact) mass is 388 g/mol. The molecular formula is C22H29FN2O3. The maximum atomic E-state index is 13.5. The smallest absolute Gasteiger partial charge is 0.233 e. The number of halogens is 1. The molecule has 0 aromatic heterocycles. The second-order valence-corrected chi connectivity index (χ2v) is 8.30. The predicted octanol–water partition coefficient (Wildman–Crippen LogP) is 2.73. The van der Waals surface area contributed by atoms with E-state index in [0.717, 1.165) is 44.1 Å². The quantitative estimate of drug-likeness (QED) is 0.800. The van der Waals surface area contributed by atoms with Crippen molar-refractivity contribution in [2.45, 2.75) is 43.9 Å². The summed E-state index contributed by atoms with van der Waals surface area (Å²) in [6.07, 6.45) is 5.14. The molecule has 0 radical (unpaired) electrons. The van der Waals surface area contributed by atoms with Gasteiger partial charge in [0.2, 0.25) is 11.8 Å². The molecule has 1 aromatic carbocycles. The summed E-state index contributed by atoms with van der Waals surface area (Å²) >= 11 is 0. The van der Waals surface area contributed by atoms with Gasteiger partial charge in [0.25, 0.3) is 0 Å². The van der Waals surface area contributed by atoms with Gasteiger partial charge in [0, 0.05) is 32.1 Å². The van der Waals surface area contributed by atoms with Crippen LogP contribution in [0.2, 0.25) is 0 Å². The van der Waals surface area contributed by atoms with Gasteiger partial charge >= 0.3 is 0 Å². The first kappa shape index (κ1) is 19.4. The Morgan fingerprint density at radius 3 is 2.14 bits per heavy atom. The van der Waals surface area contributed by atoms with Crippen molar-refractivity contribution < 1.29 is 18.7 Å². The lowest BCUT2D eigenvalue weighted by atomic mass is 9.77. The van der Waals surface area contributed by atoms with Gasteiger partial charge in [-0.2, -0.15) is 0 Å². The molecule has 2 heterocycles. The molecule has 2 aliphatic heterocycles. The molecule has 1 aromatic rings. The minimum absolute atomic E-state index is 0.00694. The van der Waals surface area contributed by atoms with Crippen molar-refractivity contribution in [2.24, 2.45) is 5.92 Å². The number of nitrogens with zero attached hydrogens (tertiary/aromatic N) is 2. The highest BCUT2D eigenvalue weighted by Crippen LogP contribution is 2.43. The van der Waals surface area contributed by atoms with Gasteiger partial charge in [-0.1, -0.05) is 25.0 Å². The topological polar surface area (TPSA) is 49.9 Å². The number of rotatable bonds is 3. The molecule has 5 nitrogen and oxygen atoms in total. The molecule has 4 rings (SSSR count). The maximum absolute atomic E-state index is 13.5. The number of morpholine rings is 1. The number of piperidine rings is 1. The molecule has 0 bridgehead atoms. The zero-order valence-corrected chi connectivity index (χ0v) is 16.4. The average molecular weight is 388 g/mol. The van der Waals surface area contributed by atoms with E-state index in [1.165, 1.54) is 12.1 Å². The van der Waals surface area contributed by atoms with Crippen LogP contribution < -0.4 is 0 Å². The standard InChI is InChI=1S/C22H29FN2O3/c23-19-5-3-18(4-6-19)22(9-1-2-10-22)21(27)25-11-7-17(8-12-25)20(26)24-13-15-28-16-14-24/h3-6,17H,1-2,7-16H2. The molecule has 6 heteroatoms. The fourth-order valence-corrected chi connectivity index (χ4v) is 5.05. The van der Waals surface area contributed by atoms with Crippen molar-refractivity contribution in [3.05, 3.63) is 35.6 Å². The van der Waals surface area contributed by atoms with Gasteiger partial charge < -0.3 is 14.5 Å². The van der Waals surface area contributed by atoms with Gasteiger partial charge in [0.15, 0.2) is 0 Å². The van der Waals surface area contributed by atoms with Crippen molar-refractivity contribution in [3.63, 3.8) is 0 Å². The minimum atomic E-state index is -0.519. The molecular weight excluding hydrogens is 359 g/mol. The fraction of sp³-hybridized carbons (Fsp3) is 0.636. The van der Waals surface area contributed by atoms with E-state index in [0.29, 0.717) is 39.4 Å². The summed E-state index contributed by atoms with van der Waals surface area (Å²) in [5.74, 6) is 0.109. The van der Waals surface area contributed by atoms with E-state index in [-0.39, 0.29) is 23.5 Å². The Balaban J connectivity index is 1.42. The summed E-state index contributed by atoms with van der Waals surface area (Å²) in [5, 5.41) is 0. The van der Waals surface area contributed by atoms with Crippen LogP contribution in [-0.4, -0.2) is 61.0 Å². The van der Waals surface area contributed by atoms with Gasteiger partial charge in [-0.05, 0) is 43.4 Å². The number of hydrogen-bond donors (Lipinski definition) is 0. The first-order valence-corrected chi connectivity index (χ1v) is 10.5. The molecule has 3 aliphatic rings. The first-order chi connectivity index (χ1) is 13.6.